The van der Waals surface area contributed by atoms with E-state index in [-0.39, 0.29) is 5.91 Å². The van der Waals surface area contributed by atoms with Crippen LogP contribution in [0.1, 0.15) is 25.7 Å². The van der Waals surface area contributed by atoms with E-state index in [2.05, 4.69) is 4.90 Å². The standard InChI is InChI=1S/C10H19N3O/c11-9(10(12)14)3-4-13-6-7-1-2-8(13)5-7/h7-9H,1-6,11H2,(H2,12,14). The van der Waals surface area contributed by atoms with Crippen LogP contribution < -0.4 is 11.5 Å². The Balaban J connectivity index is 1.74. The van der Waals surface area contributed by atoms with Crippen molar-refractivity contribution in [3.63, 3.8) is 0 Å². The molecule has 1 heterocycles. The van der Waals surface area contributed by atoms with Gasteiger partial charge in [-0.05, 0) is 31.6 Å². The molecule has 1 amide bonds. The average molecular weight is 197 g/mol. The van der Waals surface area contributed by atoms with E-state index in [9.17, 15) is 4.79 Å². The van der Waals surface area contributed by atoms with Crippen LogP contribution in [0.25, 0.3) is 0 Å². The maximum Gasteiger partial charge on any atom is 0.234 e. The van der Waals surface area contributed by atoms with Gasteiger partial charge in [-0.2, -0.15) is 0 Å². The number of hydrogen-bond acceptors (Lipinski definition) is 3. The van der Waals surface area contributed by atoms with Crippen LogP contribution in [0.3, 0.4) is 0 Å². The van der Waals surface area contributed by atoms with E-state index in [0.29, 0.717) is 6.42 Å². The Morgan fingerprint density at radius 3 is 2.79 bits per heavy atom. The molecule has 2 rings (SSSR count). The number of carbonyl (C=O) groups excluding carboxylic acids is 1. The molecule has 3 unspecified atom stereocenters. The maximum absolute atomic E-state index is 10.7. The van der Waals surface area contributed by atoms with Gasteiger partial charge in [0.2, 0.25) is 5.91 Å². The Hall–Kier alpha value is -0.610. The zero-order chi connectivity index (χ0) is 10.1. The molecule has 1 saturated carbocycles. The summed E-state index contributed by atoms with van der Waals surface area (Å²) in [7, 11) is 0. The molecule has 3 atom stereocenters. The van der Waals surface area contributed by atoms with Crippen LogP contribution in [0.4, 0.5) is 0 Å². The lowest BCUT2D eigenvalue weighted by molar-refractivity contribution is -0.119. The van der Waals surface area contributed by atoms with Crippen LogP contribution in [0.2, 0.25) is 0 Å². The molecule has 0 aromatic carbocycles. The minimum Gasteiger partial charge on any atom is -0.368 e. The number of nitrogens with two attached hydrogens (primary N) is 2. The van der Waals surface area contributed by atoms with E-state index in [4.69, 9.17) is 11.5 Å². The minimum absolute atomic E-state index is 0.380. The van der Waals surface area contributed by atoms with Gasteiger partial charge in [0.25, 0.3) is 0 Å². The number of piperidine rings is 1. The summed E-state index contributed by atoms with van der Waals surface area (Å²) >= 11 is 0. The van der Waals surface area contributed by atoms with E-state index in [0.717, 1.165) is 18.5 Å². The van der Waals surface area contributed by atoms with E-state index in [1.165, 1.54) is 25.8 Å². The van der Waals surface area contributed by atoms with Crippen LogP contribution in [-0.4, -0.2) is 36.0 Å². The molecular formula is C10H19N3O. The van der Waals surface area contributed by atoms with E-state index < -0.39 is 6.04 Å². The lowest BCUT2D eigenvalue weighted by Gasteiger charge is -2.27. The summed E-state index contributed by atoms with van der Waals surface area (Å²) < 4.78 is 0. The van der Waals surface area contributed by atoms with Crippen molar-refractivity contribution >= 4 is 5.91 Å². The number of fused-ring (bicyclic) bond motifs is 2. The lowest BCUT2D eigenvalue weighted by Crippen LogP contribution is -2.41. The Kier molecular flexibility index (Phi) is 2.74. The summed E-state index contributed by atoms with van der Waals surface area (Å²) in [6.07, 6.45) is 4.78. The van der Waals surface area contributed by atoms with Crippen LogP contribution in [0.5, 0.6) is 0 Å². The normalized spacial score (nSPS) is 33.5. The average Bonchev–Trinajstić information content (AvgIpc) is 2.74. The van der Waals surface area contributed by atoms with Crippen molar-refractivity contribution in [3.8, 4) is 0 Å². The molecule has 14 heavy (non-hydrogen) atoms. The summed E-state index contributed by atoms with van der Waals surface area (Å²) in [6, 6.07) is 0.300. The van der Waals surface area contributed by atoms with Gasteiger partial charge in [0.15, 0.2) is 0 Å². The minimum atomic E-state index is -0.464. The van der Waals surface area contributed by atoms with Gasteiger partial charge in [-0.3, -0.25) is 4.79 Å². The van der Waals surface area contributed by atoms with Crippen molar-refractivity contribution in [3.05, 3.63) is 0 Å². The topological polar surface area (TPSA) is 72.3 Å². The summed E-state index contributed by atoms with van der Waals surface area (Å²) in [5.74, 6) is 0.527. The zero-order valence-corrected chi connectivity index (χ0v) is 8.48. The zero-order valence-electron chi connectivity index (χ0n) is 8.48. The fourth-order valence-electron chi connectivity index (χ4n) is 2.75. The summed E-state index contributed by atoms with van der Waals surface area (Å²) in [5.41, 5.74) is 10.7. The first-order chi connectivity index (χ1) is 6.66. The number of amides is 1. The van der Waals surface area contributed by atoms with Gasteiger partial charge in [0, 0.05) is 19.1 Å². The third-order valence-corrected chi connectivity index (χ3v) is 3.62. The van der Waals surface area contributed by atoms with Gasteiger partial charge < -0.3 is 16.4 Å². The molecule has 2 bridgehead atoms. The fraction of sp³-hybridized carbons (Fsp3) is 0.900. The lowest BCUT2D eigenvalue weighted by atomic mass is 10.1. The summed E-state index contributed by atoms with van der Waals surface area (Å²) in [5, 5.41) is 0. The molecule has 4 heteroatoms. The quantitative estimate of drug-likeness (QED) is 0.648. The second kappa shape index (κ2) is 3.87. The van der Waals surface area contributed by atoms with E-state index in [1.807, 2.05) is 0 Å². The number of carbonyl (C=O) groups is 1. The predicted molar refractivity (Wildman–Crippen MR) is 54.5 cm³/mol. The Bertz CT molecular complexity index is 231. The van der Waals surface area contributed by atoms with Crippen molar-refractivity contribution in [1.82, 2.24) is 4.90 Å². The number of hydrogen-bond donors (Lipinski definition) is 2. The van der Waals surface area contributed by atoms with Gasteiger partial charge in [0.1, 0.15) is 0 Å². The second-order valence-electron chi connectivity index (χ2n) is 4.63. The number of primary amides is 1. The molecule has 2 fully saturated rings. The van der Waals surface area contributed by atoms with Crippen molar-refractivity contribution in [1.29, 1.82) is 0 Å². The molecule has 1 aliphatic heterocycles. The SMILES string of the molecule is NC(=O)C(N)CCN1CC2CCC1C2. The van der Waals surface area contributed by atoms with Crippen LogP contribution in [0.15, 0.2) is 0 Å². The smallest absolute Gasteiger partial charge is 0.234 e. The van der Waals surface area contributed by atoms with Gasteiger partial charge in [-0.25, -0.2) is 0 Å². The molecule has 0 spiro atoms. The van der Waals surface area contributed by atoms with Crippen molar-refractivity contribution in [2.75, 3.05) is 13.1 Å². The molecule has 80 valence electrons. The van der Waals surface area contributed by atoms with Gasteiger partial charge in [-0.15, -0.1) is 0 Å². The van der Waals surface area contributed by atoms with E-state index in [1.54, 1.807) is 0 Å². The van der Waals surface area contributed by atoms with E-state index >= 15 is 0 Å². The highest BCUT2D eigenvalue weighted by Crippen LogP contribution is 2.37. The molecule has 4 nitrogen and oxygen atoms in total. The van der Waals surface area contributed by atoms with Gasteiger partial charge >= 0.3 is 0 Å². The van der Waals surface area contributed by atoms with Crippen molar-refractivity contribution < 1.29 is 4.79 Å². The first-order valence-electron chi connectivity index (χ1n) is 5.45. The fourth-order valence-corrected chi connectivity index (χ4v) is 2.75. The summed E-state index contributed by atoms with van der Waals surface area (Å²) in [6.45, 7) is 2.14. The third-order valence-electron chi connectivity index (χ3n) is 3.62. The Morgan fingerprint density at radius 2 is 2.29 bits per heavy atom. The highest BCUT2D eigenvalue weighted by Gasteiger charge is 2.37. The Labute approximate surface area is 84.6 Å². The molecular weight excluding hydrogens is 178 g/mol. The van der Waals surface area contributed by atoms with Crippen LogP contribution in [-0.2, 0) is 4.79 Å². The summed E-state index contributed by atoms with van der Waals surface area (Å²) in [4.78, 5) is 13.2. The first kappa shape index (κ1) is 9.93. The molecule has 4 N–H and O–H groups in total. The number of nitrogens with zero attached hydrogens (tertiary/aromatic N) is 1. The molecule has 0 radical (unpaired) electrons. The molecule has 1 aliphatic carbocycles. The maximum atomic E-state index is 10.7. The molecule has 0 aromatic rings. The largest absolute Gasteiger partial charge is 0.368 e. The monoisotopic (exact) mass is 197 g/mol. The highest BCUT2D eigenvalue weighted by molar-refractivity contribution is 5.79. The molecule has 2 aliphatic rings. The highest BCUT2D eigenvalue weighted by atomic mass is 16.1. The molecule has 0 aromatic heterocycles. The van der Waals surface area contributed by atoms with Crippen LogP contribution in [0, 0.1) is 5.92 Å². The van der Waals surface area contributed by atoms with Crippen LogP contribution >= 0.6 is 0 Å². The first-order valence-corrected chi connectivity index (χ1v) is 5.45. The van der Waals surface area contributed by atoms with Crippen molar-refractivity contribution in [2.45, 2.75) is 37.8 Å². The van der Waals surface area contributed by atoms with Gasteiger partial charge in [-0.1, -0.05) is 0 Å². The number of rotatable bonds is 4. The number of likely N-dealkylation sites (tertiary alicyclic amines) is 1. The van der Waals surface area contributed by atoms with Gasteiger partial charge in [0.05, 0.1) is 6.04 Å². The van der Waals surface area contributed by atoms with Crippen molar-refractivity contribution in [2.24, 2.45) is 17.4 Å². The Morgan fingerprint density at radius 1 is 1.50 bits per heavy atom. The second-order valence-corrected chi connectivity index (χ2v) is 4.63. The predicted octanol–water partition coefficient (Wildman–Crippen LogP) is -0.327. The third kappa shape index (κ3) is 1.91. The molecule has 1 saturated heterocycles.